The van der Waals surface area contributed by atoms with Crippen molar-refractivity contribution in [2.75, 3.05) is 6.61 Å². The molecule has 1 rings (SSSR count). The minimum absolute atomic E-state index is 0.302. The first kappa shape index (κ1) is 11.7. The lowest BCUT2D eigenvalue weighted by Crippen LogP contribution is -2.44. The molecule has 0 amide bonds. The van der Waals surface area contributed by atoms with Crippen molar-refractivity contribution in [2.24, 2.45) is 5.92 Å². The van der Waals surface area contributed by atoms with Gasteiger partial charge in [0.2, 0.25) is 0 Å². The molecule has 0 spiro atoms. The van der Waals surface area contributed by atoms with Gasteiger partial charge >= 0.3 is 0 Å². The second-order valence-electron chi connectivity index (χ2n) is 4.31. The number of rotatable bonds is 5. The fraction of sp³-hybridized carbons (Fsp3) is 0.917. The Morgan fingerprint density at radius 3 is 2.64 bits per heavy atom. The third kappa shape index (κ3) is 2.00. The van der Waals surface area contributed by atoms with E-state index < -0.39 is 5.60 Å². The Hall–Kier alpha value is -0.370. The van der Waals surface area contributed by atoms with Crippen LogP contribution in [-0.2, 0) is 9.53 Å². The Balaban J connectivity index is 2.73. The molecule has 1 fully saturated rings. The van der Waals surface area contributed by atoms with Gasteiger partial charge in [0.1, 0.15) is 5.60 Å². The number of Topliss-reactive ketones (excluding diaryl/α,β-unsaturated/α-hetero) is 1. The summed E-state index contributed by atoms with van der Waals surface area (Å²) in [6.07, 6.45) is 4.80. The van der Waals surface area contributed by atoms with Crippen LogP contribution in [0.4, 0.5) is 0 Å². The van der Waals surface area contributed by atoms with E-state index in [9.17, 15) is 4.79 Å². The minimum atomic E-state index is -0.426. The second kappa shape index (κ2) is 4.92. The molecule has 0 saturated heterocycles. The molecule has 0 heterocycles. The lowest BCUT2D eigenvalue weighted by atomic mass is 9.86. The number of hydrogen-bond acceptors (Lipinski definition) is 2. The van der Waals surface area contributed by atoms with E-state index in [0.717, 1.165) is 32.3 Å². The first-order valence-corrected chi connectivity index (χ1v) is 5.84. The molecule has 82 valence electrons. The molecule has 1 saturated carbocycles. The Kier molecular flexibility index (Phi) is 4.11. The van der Waals surface area contributed by atoms with Gasteiger partial charge in [-0.05, 0) is 31.6 Å². The maximum Gasteiger partial charge on any atom is 0.164 e. The molecule has 2 heteroatoms. The molecule has 0 aromatic rings. The molecule has 0 radical (unpaired) electrons. The molecular weight excluding hydrogens is 176 g/mol. The van der Waals surface area contributed by atoms with E-state index in [1.165, 1.54) is 0 Å². The smallest absolute Gasteiger partial charge is 0.164 e. The molecule has 2 nitrogen and oxygen atoms in total. The molecule has 0 N–H and O–H groups in total. The van der Waals surface area contributed by atoms with Crippen molar-refractivity contribution in [3.05, 3.63) is 0 Å². The highest BCUT2D eigenvalue weighted by molar-refractivity contribution is 5.87. The van der Waals surface area contributed by atoms with Crippen LogP contribution in [0.3, 0.4) is 0 Å². The summed E-state index contributed by atoms with van der Waals surface area (Å²) in [5.74, 6) is 0.706. The molecule has 2 unspecified atom stereocenters. The Morgan fingerprint density at radius 1 is 1.50 bits per heavy atom. The van der Waals surface area contributed by atoms with Gasteiger partial charge in [0, 0.05) is 13.0 Å². The fourth-order valence-electron chi connectivity index (χ4n) is 2.44. The Morgan fingerprint density at radius 2 is 2.21 bits per heavy atom. The molecular formula is C12H22O2. The summed E-state index contributed by atoms with van der Waals surface area (Å²) in [6, 6.07) is 0. The molecule has 0 aliphatic heterocycles. The zero-order valence-corrected chi connectivity index (χ0v) is 9.64. The third-order valence-electron chi connectivity index (χ3n) is 3.34. The molecule has 2 atom stereocenters. The van der Waals surface area contributed by atoms with Gasteiger partial charge < -0.3 is 4.74 Å². The lowest BCUT2D eigenvalue weighted by Gasteiger charge is -2.32. The average molecular weight is 198 g/mol. The zero-order chi connectivity index (χ0) is 10.6. The van der Waals surface area contributed by atoms with Crippen LogP contribution in [-0.4, -0.2) is 18.0 Å². The molecule has 0 aromatic carbocycles. The summed E-state index contributed by atoms with van der Waals surface area (Å²) in [5, 5.41) is 0. The predicted molar refractivity (Wildman–Crippen MR) is 57.3 cm³/mol. The standard InChI is InChI=1S/C12H22O2/c1-4-9-14-12(11(13)5-2)8-6-7-10(12)3/h10H,4-9H2,1-3H3. The molecule has 0 aromatic heterocycles. The van der Waals surface area contributed by atoms with E-state index in [1.807, 2.05) is 6.92 Å². The second-order valence-corrected chi connectivity index (χ2v) is 4.31. The largest absolute Gasteiger partial charge is 0.367 e. The predicted octanol–water partition coefficient (Wildman–Crippen LogP) is 2.95. The van der Waals surface area contributed by atoms with Gasteiger partial charge in [0.15, 0.2) is 5.78 Å². The lowest BCUT2D eigenvalue weighted by molar-refractivity contribution is -0.149. The summed E-state index contributed by atoms with van der Waals surface area (Å²) in [7, 11) is 0. The van der Waals surface area contributed by atoms with E-state index in [0.29, 0.717) is 18.1 Å². The van der Waals surface area contributed by atoms with E-state index >= 15 is 0 Å². The zero-order valence-electron chi connectivity index (χ0n) is 9.64. The number of ether oxygens (including phenoxy) is 1. The first-order chi connectivity index (χ1) is 6.67. The van der Waals surface area contributed by atoms with Gasteiger partial charge in [-0.15, -0.1) is 0 Å². The van der Waals surface area contributed by atoms with Crippen molar-refractivity contribution in [1.82, 2.24) is 0 Å². The topological polar surface area (TPSA) is 26.3 Å². The van der Waals surface area contributed by atoms with Gasteiger partial charge in [-0.2, -0.15) is 0 Å². The summed E-state index contributed by atoms with van der Waals surface area (Å²) < 4.78 is 5.86. The van der Waals surface area contributed by atoms with Crippen molar-refractivity contribution in [3.8, 4) is 0 Å². The Bertz CT molecular complexity index is 200. The Labute approximate surface area is 87.0 Å². The maximum absolute atomic E-state index is 11.9. The van der Waals surface area contributed by atoms with Gasteiger partial charge in [-0.1, -0.05) is 20.8 Å². The van der Waals surface area contributed by atoms with Crippen molar-refractivity contribution in [2.45, 2.75) is 58.5 Å². The summed E-state index contributed by atoms with van der Waals surface area (Å²) >= 11 is 0. The van der Waals surface area contributed by atoms with Crippen LogP contribution in [0.1, 0.15) is 52.9 Å². The number of carbonyl (C=O) groups is 1. The molecule has 14 heavy (non-hydrogen) atoms. The van der Waals surface area contributed by atoms with Gasteiger partial charge in [0.05, 0.1) is 0 Å². The van der Waals surface area contributed by atoms with Crippen LogP contribution in [0.25, 0.3) is 0 Å². The average Bonchev–Trinajstić information content (AvgIpc) is 2.57. The number of hydrogen-bond donors (Lipinski definition) is 0. The highest BCUT2D eigenvalue weighted by Gasteiger charge is 2.46. The van der Waals surface area contributed by atoms with E-state index in [2.05, 4.69) is 13.8 Å². The molecule has 1 aliphatic carbocycles. The third-order valence-corrected chi connectivity index (χ3v) is 3.34. The number of ketones is 1. The fourth-order valence-corrected chi connectivity index (χ4v) is 2.44. The van der Waals surface area contributed by atoms with Crippen molar-refractivity contribution in [3.63, 3.8) is 0 Å². The van der Waals surface area contributed by atoms with Gasteiger partial charge in [-0.25, -0.2) is 0 Å². The van der Waals surface area contributed by atoms with Crippen LogP contribution in [0, 0.1) is 5.92 Å². The summed E-state index contributed by atoms with van der Waals surface area (Å²) in [5.41, 5.74) is -0.426. The molecule has 0 bridgehead atoms. The van der Waals surface area contributed by atoms with Crippen LogP contribution < -0.4 is 0 Å². The highest BCUT2D eigenvalue weighted by atomic mass is 16.5. The van der Waals surface area contributed by atoms with Crippen molar-refractivity contribution < 1.29 is 9.53 Å². The quantitative estimate of drug-likeness (QED) is 0.679. The van der Waals surface area contributed by atoms with E-state index in [1.54, 1.807) is 0 Å². The summed E-state index contributed by atoms with van der Waals surface area (Å²) in [6.45, 7) is 6.89. The van der Waals surface area contributed by atoms with Crippen molar-refractivity contribution >= 4 is 5.78 Å². The SMILES string of the molecule is CCCOC1(C(=O)CC)CCCC1C. The summed E-state index contributed by atoms with van der Waals surface area (Å²) in [4.78, 5) is 11.9. The van der Waals surface area contributed by atoms with Gasteiger partial charge in [-0.3, -0.25) is 4.79 Å². The van der Waals surface area contributed by atoms with Crippen LogP contribution in [0.2, 0.25) is 0 Å². The van der Waals surface area contributed by atoms with Crippen molar-refractivity contribution in [1.29, 1.82) is 0 Å². The highest BCUT2D eigenvalue weighted by Crippen LogP contribution is 2.40. The van der Waals surface area contributed by atoms with Crippen LogP contribution in [0.15, 0.2) is 0 Å². The number of carbonyl (C=O) groups excluding carboxylic acids is 1. The maximum atomic E-state index is 11.9. The molecule has 1 aliphatic rings. The van der Waals surface area contributed by atoms with E-state index in [-0.39, 0.29) is 0 Å². The van der Waals surface area contributed by atoms with Crippen LogP contribution in [0.5, 0.6) is 0 Å². The normalized spacial score (nSPS) is 32.1. The first-order valence-electron chi connectivity index (χ1n) is 5.84. The van der Waals surface area contributed by atoms with E-state index in [4.69, 9.17) is 4.74 Å². The van der Waals surface area contributed by atoms with Crippen LogP contribution >= 0.6 is 0 Å². The van der Waals surface area contributed by atoms with Gasteiger partial charge in [0.25, 0.3) is 0 Å². The monoisotopic (exact) mass is 198 g/mol. The minimum Gasteiger partial charge on any atom is -0.367 e.